The molecule has 1 aliphatic heterocycles. The summed E-state index contributed by atoms with van der Waals surface area (Å²) in [5.74, 6) is 0.786. The lowest BCUT2D eigenvalue weighted by molar-refractivity contribution is 0.357. The van der Waals surface area contributed by atoms with Gasteiger partial charge in [-0.05, 0) is 47.7 Å². The molecule has 0 saturated heterocycles. The lowest BCUT2D eigenvalue weighted by Gasteiger charge is -2.09. The summed E-state index contributed by atoms with van der Waals surface area (Å²) >= 11 is 0. The number of rotatable bonds is 4. The van der Waals surface area contributed by atoms with Crippen LogP contribution in [0.3, 0.4) is 0 Å². The summed E-state index contributed by atoms with van der Waals surface area (Å²) in [6.45, 7) is 1.48. The SMILES string of the molecule is Fc1cc(CNC2CC2)ccc1-c1ccc2c(c1)CCO2. The molecule has 3 heteroatoms. The molecule has 0 aromatic heterocycles. The molecule has 1 heterocycles. The van der Waals surface area contributed by atoms with Crippen LogP contribution in [0.25, 0.3) is 11.1 Å². The molecule has 0 unspecified atom stereocenters. The maximum atomic E-state index is 14.4. The quantitative estimate of drug-likeness (QED) is 0.924. The Kier molecular flexibility index (Phi) is 3.15. The largest absolute Gasteiger partial charge is 0.493 e. The molecule has 2 aromatic carbocycles. The van der Waals surface area contributed by atoms with E-state index in [1.165, 1.54) is 18.4 Å². The van der Waals surface area contributed by atoms with Crippen LogP contribution in [0.1, 0.15) is 24.0 Å². The standard InChI is InChI=1S/C18H18FNO/c19-17-9-12(11-20-15-3-4-15)1-5-16(17)13-2-6-18-14(10-13)7-8-21-18/h1-2,5-6,9-10,15,20H,3-4,7-8,11H2. The maximum Gasteiger partial charge on any atom is 0.131 e. The van der Waals surface area contributed by atoms with Crippen LogP contribution in [0.5, 0.6) is 5.75 Å². The highest BCUT2D eigenvalue weighted by Gasteiger charge is 2.20. The number of fused-ring (bicyclic) bond motifs is 1. The van der Waals surface area contributed by atoms with Crippen molar-refractivity contribution in [2.75, 3.05) is 6.61 Å². The van der Waals surface area contributed by atoms with Crippen molar-refractivity contribution in [1.29, 1.82) is 0 Å². The zero-order valence-corrected chi connectivity index (χ0v) is 11.9. The Morgan fingerprint density at radius 2 is 2.05 bits per heavy atom. The Labute approximate surface area is 123 Å². The molecule has 2 aromatic rings. The van der Waals surface area contributed by atoms with E-state index in [0.29, 0.717) is 11.6 Å². The van der Waals surface area contributed by atoms with E-state index in [2.05, 4.69) is 5.32 Å². The van der Waals surface area contributed by atoms with Gasteiger partial charge in [0.25, 0.3) is 0 Å². The third kappa shape index (κ3) is 2.66. The van der Waals surface area contributed by atoms with Crippen LogP contribution >= 0.6 is 0 Å². The summed E-state index contributed by atoms with van der Waals surface area (Å²) in [7, 11) is 0. The number of nitrogens with one attached hydrogen (secondary N) is 1. The van der Waals surface area contributed by atoms with E-state index in [1.54, 1.807) is 6.07 Å². The number of ether oxygens (including phenoxy) is 1. The van der Waals surface area contributed by atoms with Gasteiger partial charge in [0.05, 0.1) is 6.61 Å². The predicted molar refractivity (Wildman–Crippen MR) is 80.9 cm³/mol. The van der Waals surface area contributed by atoms with E-state index in [-0.39, 0.29) is 5.82 Å². The zero-order chi connectivity index (χ0) is 14.2. The Morgan fingerprint density at radius 3 is 2.86 bits per heavy atom. The van der Waals surface area contributed by atoms with E-state index in [1.807, 2.05) is 30.3 Å². The molecule has 2 aliphatic rings. The highest BCUT2D eigenvalue weighted by molar-refractivity contribution is 5.67. The van der Waals surface area contributed by atoms with Gasteiger partial charge in [-0.15, -0.1) is 0 Å². The van der Waals surface area contributed by atoms with Crippen molar-refractivity contribution in [2.24, 2.45) is 0 Å². The first-order valence-electron chi connectivity index (χ1n) is 7.57. The average molecular weight is 283 g/mol. The third-order valence-electron chi connectivity index (χ3n) is 4.21. The highest BCUT2D eigenvalue weighted by atomic mass is 19.1. The molecule has 0 radical (unpaired) electrons. The van der Waals surface area contributed by atoms with Crippen molar-refractivity contribution in [2.45, 2.75) is 31.8 Å². The van der Waals surface area contributed by atoms with E-state index in [9.17, 15) is 4.39 Å². The van der Waals surface area contributed by atoms with Gasteiger partial charge in [0.15, 0.2) is 0 Å². The molecule has 2 nitrogen and oxygen atoms in total. The smallest absolute Gasteiger partial charge is 0.131 e. The molecule has 0 amide bonds. The zero-order valence-electron chi connectivity index (χ0n) is 11.9. The molecule has 1 saturated carbocycles. The van der Waals surface area contributed by atoms with Crippen LogP contribution in [0.2, 0.25) is 0 Å². The average Bonchev–Trinajstić information content (AvgIpc) is 3.21. The molecular formula is C18H18FNO. The third-order valence-corrected chi connectivity index (χ3v) is 4.21. The number of hydrogen-bond acceptors (Lipinski definition) is 2. The second-order valence-electron chi connectivity index (χ2n) is 5.89. The van der Waals surface area contributed by atoms with Gasteiger partial charge >= 0.3 is 0 Å². The fourth-order valence-electron chi connectivity index (χ4n) is 2.81. The summed E-state index contributed by atoms with van der Waals surface area (Å²) in [5, 5.41) is 3.41. The van der Waals surface area contributed by atoms with Crippen LogP contribution < -0.4 is 10.1 Å². The van der Waals surface area contributed by atoms with E-state index in [0.717, 1.165) is 36.4 Å². The molecule has 0 atom stereocenters. The van der Waals surface area contributed by atoms with Crippen LogP contribution in [0.4, 0.5) is 4.39 Å². The van der Waals surface area contributed by atoms with Crippen molar-refractivity contribution >= 4 is 0 Å². The highest BCUT2D eigenvalue weighted by Crippen LogP contribution is 2.32. The second kappa shape index (κ2) is 5.15. The van der Waals surface area contributed by atoms with Gasteiger partial charge < -0.3 is 10.1 Å². The van der Waals surface area contributed by atoms with Crippen LogP contribution in [-0.4, -0.2) is 12.6 Å². The maximum absolute atomic E-state index is 14.4. The number of halogens is 1. The van der Waals surface area contributed by atoms with E-state index < -0.39 is 0 Å². The fraction of sp³-hybridized carbons (Fsp3) is 0.333. The number of hydrogen-bond donors (Lipinski definition) is 1. The summed E-state index contributed by atoms with van der Waals surface area (Å²) in [6, 6.07) is 12.1. The predicted octanol–water partition coefficient (Wildman–Crippen LogP) is 3.68. The van der Waals surface area contributed by atoms with Gasteiger partial charge in [-0.1, -0.05) is 18.2 Å². The fourth-order valence-corrected chi connectivity index (χ4v) is 2.81. The Balaban J connectivity index is 1.59. The molecule has 0 bridgehead atoms. The van der Waals surface area contributed by atoms with Crippen molar-refractivity contribution in [3.05, 3.63) is 53.3 Å². The van der Waals surface area contributed by atoms with Crippen LogP contribution in [0, 0.1) is 5.82 Å². The summed E-state index contributed by atoms with van der Waals surface area (Å²) < 4.78 is 19.9. The van der Waals surface area contributed by atoms with Gasteiger partial charge in [0, 0.05) is 24.6 Å². The first-order valence-corrected chi connectivity index (χ1v) is 7.57. The first-order chi connectivity index (χ1) is 10.3. The topological polar surface area (TPSA) is 21.3 Å². The minimum atomic E-state index is -0.149. The monoisotopic (exact) mass is 283 g/mol. The van der Waals surface area contributed by atoms with Gasteiger partial charge in [-0.2, -0.15) is 0 Å². The molecule has 1 fully saturated rings. The first kappa shape index (κ1) is 12.8. The molecule has 0 spiro atoms. The van der Waals surface area contributed by atoms with E-state index in [4.69, 9.17) is 4.74 Å². The molecule has 4 rings (SSSR count). The Bertz CT molecular complexity index is 679. The van der Waals surface area contributed by atoms with Crippen molar-refractivity contribution in [1.82, 2.24) is 5.32 Å². The molecule has 1 aliphatic carbocycles. The van der Waals surface area contributed by atoms with Gasteiger partial charge in [-0.25, -0.2) is 4.39 Å². The molecule has 21 heavy (non-hydrogen) atoms. The summed E-state index contributed by atoms with van der Waals surface area (Å²) in [6.07, 6.45) is 3.41. The Hall–Kier alpha value is -1.87. The lowest BCUT2D eigenvalue weighted by Crippen LogP contribution is -2.15. The van der Waals surface area contributed by atoms with E-state index >= 15 is 0 Å². The molecule has 108 valence electrons. The summed E-state index contributed by atoms with van der Waals surface area (Å²) in [5.41, 5.74) is 3.78. The van der Waals surface area contributed by atoms with Crippen LogP contribution in [-0.2, 0) is 13.0 Å². The van der Waals surface area contributed by atoms with Gasteiger partial charge in [-0.3, -0.25) is 0 Å². The van der Waals surface area contributed by atoms with Crippen molar-refractivity contribution in [3.8, 4) is 16.9 Å². The van der Waals surface area contributed by atoms with Crippen LogP contribution in [0.15, 0.2) is 36.4 Å². The van der Waals surface area contributed by atoms with Crippen molar-refractivity contribution in [3.63, 3.8) is 0 Å². The van der Waals surface area contributed by atoms with Crippen molar-refractivity contribution < 1.29 is 9.13 Å². The number of benzene rings is 2. The minimum Gasteiger partial charge on any atom is -0.493 e. The minimum absolute atomic E-state index is 0.149. The normalized spacial score (nSPS) is 16.6. The molecule has 1 N–H and O–H groups in total. The summed E-state index contributed by atoms with van der Waals surface area (Å²) in [4.78, 5) is 0. The Morgan fingerprint density at radius 1 is 1.14 bits per heavy atom. The van der Waals surface area contributed by atoms with Gasteiger partial charge in [0.1, 0.15) is 11.6 Å². The van der Waals surface area contributed by atoms with Gasteiger partial charge in [0.2, 0.25) is 0 Å². The second-order valence-corrected chi connectivity index (χ2v) is 5.89. The molecular weight excluding hydrogens is 265 g/mol. The lowest BCUT2D eigenvalue weighted by atomic mass is 10.00.